The first-order valence-electron chi connectivity index (χ1n) is 4.47. The van der Waals surface area contributed by atoms with Crippen LogP contribution in [-0.4, -0.2) is 0 Å². The molecule has 0 aliphatic heterocycles. The van der Waals surface area contributed by atoms with Crippen LogP contribution in [0.2, 0.25) is 0 Å². The van der Waals surface area contributed by atoms with E-state index in [1.165, 1.54) is 19.3 Å². The van der Waals surface area contributed by atoms with Crippen molar-refractivity contribution in [2.45, 2.75) is 40.0 Å². The van der Waals surface area contributed by atoms with Crippen molar-refractivity contribution in [3.05, 3.63) is 0 Å². The van der Waals surface area contributed by atoms with Gasteiger partial charge < -0.3 is 0 Å². The van der Waals surface area contributed by atoms with Crippen LogP contribution in [-0.2, 0) is 0 Å². The van der Waals surface area contributed by atoms with E-state index in [1.54, 1.807) is 0 Å². The van der Waals surface area contributed by atoms with Gasteiger partial charge in [0.25, 0.3) is 0 Å². The van der Waals surface area contributed by atoms with Crippen molar-refractivity contribution in [2.75, 3.05) is 0 Å². The molecule has 0 N–H and O–H groups in total. The third kappa shape index (κ3) is 1.56. The molecule has 0 heterocycles. The molecule has 0 bridgehead atoms. The summed E-state index contributed by atoms with van der Waals surface area (Å²) < 4.78 is 0. The molecule has 1 aliphatic rings. The van der Waals surface area contributed by atoms with Gasteiger partial charge in [-0.3, -0.25) is 0 Å². The highest BCUT2D eigenvalue weighted by Gasteiger charge is 2.36. The smallest absolute Gasteiger partial charge is 0.0664 e. The van der Waals surface area contributed by atoms with Gasteiger partial charge in [-0.25, -0.2) is 0 Å². The number of hydrogen-bond acceptors (Lipinski definition) is 1. The highest BCUT2D eigenvalue weighted by molar-refractivity contribution is 4.98. The zero-order chi connectivity index (χ0) is 8.48. The van der Waals surface area contributed by atoms with Gasteiger partial charge in [-0.15, -0.1) is 0 Å². The second-order valence-electron chi connectivity index (χ2n) is 4.46. The molecule has 0 aromatic rings. The van der Waals surface area contributed by atoms with E-state index in [0.29, 0.717) is 5.92 Å². The lowest BCUT2D eigenvalue weighted by Gasteiger charge is -2.38. The van der Waals surface area contributed by atoms with Crippen molar-refractivity contribution >= 4 is 0 Å². The molecule has 1 fully saturated rings. The summed E-state index contributed by atoms with van der Waals surface area (Å²) in [5.41, 5.74) is 0.256. The highest BCUT2D eigenvalue weighted by Crippen LogP contribution is 2.43. The fraction of sp³-hybridized carbons (Fsp3) is 0.900. The average Bonchev–Trinajstić information content (AvgIpc) is 1.86. The van der Waals surface area contributed by atoms with Crippen LogP contribution in [0, 0.1) is 28.6 Å². The Labute approximate surface area is 69.4 Å². The SMILES string of the molecule is C[C@H]1CCCC(C)(C)[C@H]1C#N. The summed E-state index contributed by atoms with van der Waals surface area (Å²) in [5.74, 6) is 0.875. The van der Waals surface area contributed by atoms with Crippen LogP contribution in [0.5, 0.6) is 0 Å². The molecule has 11 heavy (non-hydrogen) atoms. The Morgan fingerprint density at radius 2 is 2.09 bits per heavy atom. The van der Waals surface area contributed by atoms with Crippen LogP contribution in [0.3, 0.4) is 0 Å². The molecule has 1 nitrogen and oxygen atoms in total. The van der Waals surface area contributed by atoms with Crippen molar-refractivity contribution in [3.63, 3.8) is 0 Å². The van der Waals surface area contributed by atoms with Crippen LogP contribution >= 0.6 is 0 Å². The Morgan fingerprint density at radius 3 is 2.45 bits per heavy atom. The summed E-state index contributed by atoms with van der Waals surface area (Å²) in [4.78, 5) is 0. The maximum atomic E-state index is 8.95. The Bertz CT molecular complexity index is 176. The maximum absolute atomic E-state index is 8.95. The summed E-state index contributed by atoms with van der Waals surface area (Å²) in [6, 6.07) is 2.44. The Hall–Kier alpha value is -0.510. The number of hydrogen-bond donors (Lipinski definition) is 0. The van der Waals surface area contributed by atoms with E-state index in [0.717, 1.165) is 0 Å². The second-order valence-corrected chi connectivity index (χ2v) is 4.46. The zero-order valence-electron chi connectivity index (χ0n) is 7.72. The van der Waals surface area contributed by atoms with Crippen LogP contribution < -0.4 is 0 Å². The number of nitriles is 1. The molecule has 0 spiro atoms. The first-order chi connectivity index (χ1) is 5.08. The molecule has 0 unspecified atom stereocenters. The average molecular weight is 151 g/mol. The van der Waals surface area contributed by atoms with E-state index in [9.17, 15) is 0 Å². The Kier molecular flexibility index (Phi) is 2.23. The van der Waals surface area contributed by atoms with E-state index >= 15 is 0 Å². The van der Waals surface area contributed by atoms with Gasteiger partial charge in [0.2, 0.25) is 0 Å². The van der Waals surface area contributed by atoms with Crippen LogP contribution in [0.4, 0.5) is 0 Å². The van der Waals surface area contributed by atoms with Gasteiger partial charge in [0.15, 0.2) is 0 Å². The number of rotatable bonds is 0. The van der Waals surface area contributed by atoms with Crippen LogP contribution in [0.25, 0.3) is 0 Å². The van der Waals surface area contributed by atoms with Crippen molar-refractivity contribution in [1.29, 1.82) is 5.26 Å². The first kappa shape index (κ1) is 8.59. The highest BCUT2D eigenvalue weighted by atomic mass is 14.4. The van der Waals surface area contributed by atoms with E-state index < -0.39 is 0 Å². The van der Waals surface area contributed by atoms with Crippen molar-refractivity contribution < 1.29 is 0 Å². The molecule has 2 atom stereocenters. The fourth-order valence-electron chi connectivity index (χ4n) is 2.27. The standard InChI is InChI=1S/C10H17N/c1-8-5-4-6-10(2,3)9(8)7-11/h8-9H,4-6H2,1-3H3/t8-,9-/m0/s1. The predicted octanol–water partition coefficient (Wildman–Crippen LogP) is 2.97. The molecule has 1 saturated carbocycles. The van der Waals surface area contributed by atoms with Crippen LogP contribution in [0.15, 0.2) is 0 Å². The molecule has 1 aliphatic carbocycles. The molecule has 0 amide bonds. The van der Waals surface area contributed by atoms with Gasteiger partial charge in [0, 0.05) is 0 Å². The third-order valence-corrected chi connectivity index (χ3v) is 3.03. The van der Waals surface area contributed by atoms with E-state index in [2.05, 4.69) is 26.8 Å². The largest absolute Gasteiger partial charge is 0.198 e. The van der Waals surface area contributed by atoms with Crippen molar-refractivity contribution in [1.82, 2.24) is 0 Å². The van der Waals surface area contributed by atoms with E-state index in [1.807, 2.05) is 0 Å². The van der Waals surface area contributed by atoms with Gasteiger partial charge in [0.1, 0.15) is 0 Å². The molecule has 62 valence electrons. The van der Waals surface area contributed by atoms with Gasteiger partial charge in [0.05, 0.1) is 12.0 Å². The van der Waals surface area contributed by atoms with E-state index in [-0.39, 0.29) is 11.3 Å². The topological polar surface area (TPSA) is 23.8 Å². The van der Waals surface area contributed by atoms with Gasteiger partial charge in [-0.2, -0.15) is 5.26 Å². The molecule has 0 radical (unpaired) electrons. The lowest BCUT2D eigenvalue weighted by Crippen LogP contribution is -2.32. The normalized spacial score (nSPS) is 36.2. The molecule has 1 rings (SSSR count). The quantitative estimate of drug-likeness (QED) is 0.522. The monoisotopic (exact) mass is 151 g/mol. The Balaban J connectivity index is 2.74. The lowest BCUT2D eigenvalue weighted by molar-refractivity contribution is 0.128. The summed E-state index contributed by atoms with van der Waals surface area (Å²) in [7, 11) is 0. The summed E-state index contributed by atoms with van der Waals surface area (Å²) in [5, 5.41) is 8.95. The van der Waals surface area contributed by atoms with Crippen molar-refractivity contribution in [2.24, 2.45) is 17.3 Å². The molecular formula is C10H17N. The first-order valence-corrected chi connectivity index (χ1v) is 4.47. The summed E-state index contributed by atoms with van der Waals surface area (Å²) >= 11 is 0. The van der Waals surface area contributed by atoms with Gasteiger partial charge >= 0.3 is 0 Å². The van der Waals surface area contributed by atoms with Gasteiger partial charge in [-0.1, -0.05) is 27.2 Å². The minimum atomic E-state index is 0.256. The molecule has 0 aromatic carbocycles. The summed E-state index contributed by atoms with van der Waals surface area (Å²) in [6.45, 7) is 6.64. The minimum Gasteiger partial charge on any atom is -0.198 e. The molecule has 1 heteroatoms. The fourth-order valence-corrected chi connectivity index (χ4v) is 2.27. The minimum absolute atomic E-state index is 0.256. The molecule has 0 aromatic heterocycles. The third-order valence-electron chi connectivity index (χ3n) is 3.03. The molecular weight excluding hydrogens is 134 g/mol. The van der Waals surface area contributed by atoms with Gasteiger partial charge in [-0.05, 0) is 24.2 Å². The summed E-state index contributed by atoms with van der Waals surface area (Å²) in [6.07, 6.45) is 3.75. The lowest BCUT2D eigenvalue weighted by atomic mass is 9.65. The Morgan fingerprint density at radius 1 is 1.45 bits per heavy atom. The van der Waals surface area contributed by atoms with Crippen LogP contribution in [0.1, 0.15) is 40.0 Å². The van der Waals surface area contributed by atoms with Crippen molar-refractivity contribution in [3.8, 4) is 6.07 Å². The van der Waals surface area contributed by atoms with E-state index in [4.69, 9.17) is 5.26 Å². The second kappa shape index (κ2) is 2.85. The predicted molar refractivity (Wildman–Crippen MR) is 45.9 cm³/mol. The zero-order valence-corrected chi connectivity index (χ0v) is 7.72. The number of nitrogens with zero attached hydrogens (tertiary/aromatic N) is 1. The molecule has 0 saturated heterocycles. The maximum Gasteiger partial charge on any atom is 0.0664 e.